The van der Waals surface area contributed by atoms with Gasteiger partial charge in [-0.05, 0) is 24.3 Å². The minimum absolute atomic E-state index is 0.144. The zero-order valence-corrected chi connectivity index (χ0v) is 16.7. The summed E-state index contributed by atoms with van der Waals surface area (Å²) in [7, 11) is -4.15. The highest BCUT2D eigenvalue weighted by molar-refractivity contribution is 7.86. The lowest BCUT2D eigenvalue weighted by molar-refractivity contribution is -0.216. The monoisotopic (exact) mass is 438 g/mol. The summed E-state index contributed by atoms with van der Waals surface area (Å²) in [5.41, 5.74) is 0.347. The summed E-state index contributed by atoms with van der Waals surface area (Å²) < 4.78 is 57.9. The Morgan fingerprint density at radius 3 is 1.90 bits per heavy atom. The molecule has 30 heavy (non-hydrogen) atoms. The lowest BCUT2D eigenvalue weighted by atomic mass is 10.0. The fraction of sp³-hybridized carbons (Fsp3) is 0.300. The molecule has 4 atom stereocenters. The number of ether oxygens (including phenoxy) is 3. The largest absolute Gasteiger partial charge is 0.452 e. The third-order valence-corrected chi connectivity index (χ3v) is 4.75. The zero-order chi connectivity index (χ0) is 21.7. The molecule has 1 aliphatic rings. The molecule has 0 aliphatic carbocycles. The minimum Gasteiger partial charge on any atom is -0.452 e. The van der Waals surface area contributed by atoms with Crippen molar-refractivity contribution >= 4 is 22.1 Å². The molecule has 3 rings (SSSR count). The maximum Gasteiger partial charge on any atom is 0.338 e. The first-order valence-corrected chi connectivity index (χ1v) is 10.7. The summed E-state index contributed by atoms with van der Waals surface area (Å²) in [5.74, 6) is -1.64. The van der Waals surface area contributed by atoms with Crippen LogP contribution in [0.4, 0.5) is 4.39 Å². The van der Waals surface area contributed by atoms with Crippen LogP contribution in [0.2, 0.25) is 0 Å². The van der Waals surface area contributed by atoms with E-state index in [4.69, 9.17) is 18.4 Å². The Labute approximate surface area is 172 Å². The molecule has 0 saturated carbocycles. The molecule has 2 aromatic carbocycles. The van der Waals surface area contributed by atoms with Gasteiger partial charge in [0.25, 0.3) is 10.1 Å². The Balaban J connectivity index is 1.86. The number of hydrogen-bond donors (Lipinski definition) is 0. The third-order valence-electron chi connectivity index (χ3n) is 4.17. The van der Waals surface area contributed by atoms with Crippen LogP contribution in [0.25, 0.3) is 0 Å². The van der Waals surface area contributed by atoms with Crippen molar-refractivity contribution in [1.82, 2.24) is 0 Å². The predicted molar refractivity (Wildman–Crippen MR) is 102 cm³/mol. The van der Waals surface area contributed by atoms with Gasteiger partial charge in [0.15, 0.2) is 18.3 Å². The van der Waals surface area contributed by atoms with Crippen molar-refractivity contribution in [2.45, 2.75) is 24.7 Å². The Bertz CT molecular complexity index is 980. The molecule has 0 spiro atoms. The summed E-state index contributed by atoms with van der Waals surface area (Å²) in [4.78, 5) is 24.9. The van der Waals surface area contributed by atoms with E-state index in [1.165, 1.54) is 24.3 Å². The molecule has 4 unspecified atom stereocenters. The van der Waals surface area contributed by atoms with Crippen molar-refractivity contribution in [2.75, 3.05) is 12.9 Å². The fourth-order valence-electron chi connectivity index (χ4n) is 2.83. The van der Waals surface area contributed by atoms with Gasteiger partial charge in [0.05, 0.1) is 24.0 Å². The maximum atomic E-state index is 14.4. The average molecular weight is 438 g/mol. The summed E-state index contributed by atoms with van der Waals surface area (Å²) in [6.45, 7) is -0.462. The predicted octanol–water partition coefficient (Wildman–Crippen LogP) is 2.11. The van der Waals surface area contributed by atoms with E-state index in [9.17, 15) is 22.4 Å². The van der Waals surface area contributed by atoms with Crippen LogP contribution in [-0.4, -0.2) is 57.9 Å². The second-order valence-electron chi connectivity index (χ2n) is 6.50. The molecule has 1 fully saturated rings. The van der Waals surface area contributed by atoms with E-state index in [1.54, 1.807) is 36.4 Å². The second kappa shape index (κ2) is 9.33. The molecule has 0 aromatic heterocycles. The molecule has 0 bridgehead atoms. The van der Waals surface area contributed by atoms with Crippen LogP contribution in [0.1, 0.15) is 20.7 Å². The normalized spacial score (nSPS) is 24.1. The smallest absolute Gasteiger partial charge is 0.338 e. The first-order chi connectivity index (χ1) is 14.2. The van der Waals surface area contributed by atoms with E-state index >= 15 is 0 Å². The summed E-state index contributed by atoms with van der Waals surface area (Å²) >= 11 is 0. The highest BCUT2D eigenvalue weighted by Crippen LogP contribution is 2.27. The average Bonchev–Trinajstić information content (AvgIpc) is 2.73. The van der Waals surface area contributed by atoms with Crippen LogP contribution in [0.5, 0.6) is 0 Å². The molecular weight excluding hydrogens is 419 g/mol. The molecule has 0 amide bonds. The summed E-state index contributed by atoms with van der Waals surface area (Å²) in [6.07, 6.45) is -6.22. The van der Waals surface area contributed by atoms with Gasteiger partial charge >= 0.3 is 11.9 Å². The molecule has 0 radical (unpaired) electrons. The molecule has 160 valence electrons. The van der Waals surface area contributed by atoms with Gasteiger partial charge in [0.1, 0.15) is 0 Å². The van der Waals surface area contributed by atoms with E-state index in [0.717, 1.165) is 6.26 Å². The highest BCUT2D eigenvalue weighted by atomic mass is 32.2. The van der Waals surface area contributed by atoms with Crippen molar-refractivity contribution in [3.63, 3.8) is 0 Å². The van der Waals surface area contributed by atoms with E-state index in [2.05, 4.69) is 0 Å². The van der Waals surface area contributed by atoms with Crippen molar-refractivity contribution in [1.29, 1.82) is 0 Å². The van der Waals surface area contributed by atoms with Crippen LogP contribution < -0.4 is 0 Å². The Kier molecular flexibility index (Phi) is 6.80. The van der Waals surface area contributed by atoms with Crippen molar-refractivity contribution in [3.05, 3.63) is 71.8 Å². The van der Waals surface area contributed by atoms with Gasteiger partial charge < -0.3 is 14.2 Å². The molecule has 10 heteroatoms. The quantitative estimate of drug-likeness (QED) is 0.499. The van der Waals surface area contributed by atoms with Crippen LogP contribution in [0.15, 0.2) is 60.7 Å². The number of carbonyl (C=O) groups is 2. The first kappa shape index (κ1) is 21.9. The molecule has 2 aromatic rings. The van der Waals surface area contributed by atoms with Crippen molar-refractivity contribution in [3.8, 4) is 0 Å². The number of hydrogen-bond acceptors (Lipinski definition) is 8. The van der Waals surface area contributed by atoms with Gasteiger partial charge in [-0.1, -0.05) is 36.4 Å². The topological polar surface area (TPSA) is 105 Å². The van der Waals surface area contributed by atoms with Crippen LogP contribution in [0, 0.1) is 0 Å². The van der Waals surface area contributed by atoms with Gasteiger partial charge in [-0.2, -0.15) is 8.42 Å². The standard InChI is InChI=1S/C20H19FO8S/c1-30(24,25)29-17-16(28-20(23)14-10-6-3-7-11-14)15(12-26-18(17)21)27-19(22)13-8-4-2-5-9-13/h2-11,15-18H,12H2,1H3. The number of carbonyl (C=O) groups excluding carboxylic acids is 2. The van der Waals surface area contributed by atoms with Crippen LogP contribution in [-0.2, 0) is 28.5 Å². The fourth-order valence-corrected chi connectivity index (χ4v) is 3.43. The molecule has 8 nitrogen and oxygen atoms in total. The SMILES string of the molecule is CS(=O)(=O)OC1C(F)OCC(OC(=O)c2ccccc2)C1OC(=O)c1ccccc1. The second-order valence-corrected chi connectivity index (χ2v) is 8.10. The lowest BCUT2D eigenvalue weighted by Crippen LogP contribution is -2.56. The van der Waals surface area contributed by atoms with Gasteiger partial charge in [-0.25, -0.2) is 14.0 Å². The number of esters is 2. The zero-order valence-electron chi connectivity index (χ0n) is 15.8. The Hall–Kier alpha value is -2.82. The van der Waals surface area contributed by atoms with E-state index in [-0.39, 0.29) is 11.1 Å². The molecule has 1 heterocycles. The van der Waals surface area contributed by atoms with Gasteiger partial charge in [0, 0.05) is 0 Å². The van der Waals surface area contributed by atoms with Crippen molar-refractivity contribution < 1.29 is 40.8 Å². The third kappa shape index (κ3) is 5.62. The van der Waals surface area contributed by atoms with Crippen LogP contribution in [0.3, 0.4) is 0 Å². The van der Waals surface area contributed by atoms with E-state index < -0.39 is 53.3 Å². The number of benzene rings is 2. The lowest BCUT2D eigenvalue weighted by Gasteiger charge is -2.37. The molecule has 1 aliphatic heterocycles. The van der Waals surface area contributed by atoms with Crippen LogP contribution >= 0.6 is 0 Å². The Morgan fingerprint density at radius 2 is 1.40 bits per heavy atom. The Morgan fingerprint density at radius 1 is 0.900 bits per heavy atom. The number of alkyl halides is 1. The summed E-state index contributed by atoms with van der Waals surface area (Å²) in [5, 5.41) is 0. The highest BCUT2D eigenvalue weighted by Gasteiger charge is 2.48. The maximum absolute atomic E-state index is 14.4. The van der Waals surface area contributed by atoms with Gasteiger partial charge in [-0.15, -0.1) is 0 Å². The summed E-state index contributed by atoms with van der Waals surface area (Å²) in [6, 6.07) is 15.7. The first-order valence-electron chi connectivity index (χ1n) is 8.90. The molecular formula is C20H19FO8S. The minimum atomic E-state index is -4.15. The van der Waals surface area contributed by atoms with Crippen molar-refractivity contribution in [2.24, 2.45) is 0 Å². The van der Waals surface area contributed by atoms with Gasteiger partial charge in [-0.3, -0.25) is 4.18 Å². The van der Waals surface area contributed by atoms with E-state index in [1.807, 2.05) is 0 Å². The molecule has 0 N–H and O–H groups in total. The number of halogens is 1. The van der Waals surface area contributed by atoms with Gasteiger partial charge in [0.2, 0.25) is 6.36 Å². The molecule has 1 saturated heterocycles. The van der Waals surface area contributed by atoms with E-state index in [0.29, 0.717) is 0 Å². The number of rotatable bonds is 6.